The maximum atomic E-state index is 12.5. The van der Waals surface area contributed by atoms with E-state index in [-0.39, 0.29) is 24.6 Å². The fraction of sp³-hybridized carbons (Fsp3) is 0.923. The van der Waals surface area contributed by atoms with Crippen molar-refractivity contribution in [3.63, 3.8) is 0 Å². The fourth-order valence-corrected chi connectivity index (χ4v) is 2.95. The van der Waals surface area contributed by atoms with Crippen LogP contribution in [0.4, 0.5) is 0 Å². The lowest BCUT2D eigenvalue weighted by Crippen LogP contribution is -2.56. The van der Waals surface area contributed by atoms with Crippen molar-refractivity contribution in [2.45, 2.75) is 38.3 Å². The van der Waals surface area contributed by atoms with Crippen molar-refractivity contribution < 1.29 is 9.90 Å². The summed E-state index contributed by atoms with van der Waals surface area (Å²) in [6.07, 6.45) is 3.13. The summed E-state index contributed by atoms with van der Waals surface area (Å²) in [6, 6.07) is -0.0177. The molecule has 2 fully saturated rings. The van der Waals surface area contributed by atoms with Crippen LogP contribution in [0.1, 0.15) is 26.2 Å². The fourth-order valence-electron chi connectivity index (χ4n) is 2.95. The van der Waals surface area contributed by atoms with Crippen molar-refractivity contribution in [1.82, 2.24) is 15.1 Å². The average Bonchev–Trinajstić information content (AvgIpc) is 2.46. The first kappa shape index (κ1) is 13.8. The zero-order valence-electron chi connectivity index (χ0n) is 11.3. The van der Waals surface area contributed by atoms with Gasteiger partial charge in [0.15, 0.2) is 0 Å². The summed E-state index contributed by atoms with van der Waals surface area (Å²) in [5.41, 5.74) is 0. The smallest absolute Gasteiger partial charge is 0.239 e. The lowest BCUT2D eigenvalue weighted by Gasteiger charge is -2.40. The van der Waals surface area contributed by atoms with Crippen molar-refractivity contribution in [1.29, 1.82) is 0 Å². The number of amides is 1. The SMILES string of the molecule is CC(C(=O)N1CCCCC1CO)N1CCNCC1. The first-order valence-electron chi connectivity index (χ1n) is 7.10. The van der Waals surface area contributed by atoms with Crippen LogP contribution in [0.15, 0.2) is 0 Å². The van der Waals surface area contributed by atoms with Gasteiger partial charge in [0, 0.05) is 32.7 Å². The third-order valence-electron chi connectivity index (χ3n) is 4.18. The standard InChI is InChI=1S/C13H25N3O2/c1-11(15-8-5-14-6-9-15)13(18)16-7-3-2-4-12(16)10-17/h11-12,14,17H,2-10H2,1H3. The normalized spacial score (nSPS) is 28.1. The lowest BCUT2D eigenvalue weighted by atomic mass is 10.0. The molecular formula is C13H25N3O2. The van der Waals surface area contributed by atoms with Crippen LogP contribution in [-0.2, 0) is 4.79 Å². The number of rotatable bonds is 3. The second-order valence-electron chi connectivity index (χ2n) is 5.33. The molecule has 0 aliphatic carbocycles. The van der Waals surface area contributed by atoms with Crippen molar-refractivity contribution in [2.24, 2.45) is 0 Å². The Bertz CT molecular complexity index is 279. The number of aliphatic hydroxyl groups is 1. The van der Waals surface area contributed by atoms with Gasteiger partial charge in [-0.2, -0.15) is 0 Å². The van der Waals surface area contributed by atoms with Gasteiger partial charge in [-0.1, -0.05) is 0 Å². The highest BCUT2D eigenvalue weighted by Crippen LogP contribution is 2.19. The molecule has 2 saturated heterocycles. The van der Waals surface area contributed by atoms with Gasteiger partial charge in [-0.15, -0.1) is 0 Å². The molecule has 2 aliphatic rings. The van der Waals surface area contributed by atoms with E-state index in [0.717, 1.165) is 52.0 Å². The molecule has 5 nitrogen and oxygen atoms in total. The van der Waals surface area contributed by atoms with Crippen LogP contribution >= 0.6 is 0 Å². The Labute approximate surface area is 109 Å². The van der Waals surface area contributed by atoms with Crippen molar-refractivity contribution in [3.8, 4) is 0 Å². The van der Waals surface area contributed by atoms with E-state index >= 15 is 0 Å². The van der Waals surface area contributed by atoms with E-state index in [2.05, 4.69) is 10.2 Å². The first-order valence-corrected chi connectivity index (χ1v) is 7.10. The molecule has 2 rings (SSSR count). The minimum atomic E-state index is -0.0563. The summed E-state index contributed by atoms with van der Waals surface area (Å²) in [4.78, 5) is 16.7. The molecule has 2 N–H and O–H groups in total. The molecule has 0 radical (unpaired) electrons. The third-order valence-corrected chi connectivity index (χ3v) is 4.18. The number of aliphatic hydroxyl groups excluding tert-OH is 1. The highest BCUT2D eigenvalue weighted by molar-refractivity contribution is 5.82. The summed E-state index contributed by atoms with van der Waals surface area (Å²) in [5, 5.41) is 12.7. The maximum Gasteiger partial charge on any atom is 0.239 e. The third kappa shape index (κ3) is 3.02. The molecule has 0 aromatic rings. The van der Waals surface area contributed by atoms with Crippen molar-refractivity contribution in [3.05, 3.63) is 0 Å². The van der Waals surface area contributed by atoms with Crippen LogP contribution in [0.5, 0.6) is 0 Å². The quantitative estimate of drug-likeness (QED) is 0.724. The molecule has 18 heavy (non-hydrogen) atoms. The van der Waals surface area contributed by atoms with Gasteiger partial charge in [0.1, 0.15) is 0 Å². The Hall–Kier alpha value is -0.650. The number of piperidine rings is 1. The number of nitrogens with one attached hydrogen (secondary N) is 1. The predicted molar refractivity (Wildman–Crippen MR) is 70.3 cm³/mol. The van der Waals surface area contributed by atoms with Crippen LogP contribution in [0.25, 0.3) is 0 Å². The molecule has 2 unspecified atom stereocenters. The van der Waals surface area contributed by atoms with E-state index in [9.17, 15) is 9.90 Å². The number of piperazine rings is 1. The molecular weight excluding hydrogens is 230 g/mol. The van der Waals surface area contributed by atoms with Crippen LogP contribution in [-0.4, -0.2) is 72.2 Å². The Kier molecular flexibility index (Phi) is 4.97. The van der Waals surface area contributed by atoms with Gasteiger partial charge in [0.2, 0.25) is 5.91 Å². The largest absolute Gasteiger partial charge is 0.394 e. The molecule has 0 bridgehead atoms. The predicted octanol–water partition coefficient (Wildman–Crippen LogP) is -0.346. The van der Waals surface area contributed by atoms with E-state index < -0.39 is 0 Å². The average molecular weight is 255 g/mol. The molecule has 5 heteroatoms. The molecule has 2 heterocycles. The maximum absolute atomic E-state index is 12.5. The molecule has 0 saturated carbocycles. The second-order valence-corrected chi connectivity index (χ2v) is 5.33. The first-order chi connectivity index (χ1) is 8.74. The highest BCUT2D eigenvalue weighted by Gasteiger charge is 2.32. The zero-order chi connectivity index (χ0) is 13.0. The van der Waals surface area contributed by atoms with Gasteiger partial charge >= 0.3 is 0 Å². The van der Waals surface area contributed by atoms with E-state index in [1.165, 1.54) is 0 Å². The molecule has 104 valence electrons. The highest BCUT2D eigenvalue weighted by atomic mass is 16.3. The number of carbonyl (C=O) groups is 1. The molecule has 2 atom stereocenters. The molecule has 0 aromatic carbocycles. The Morgan fingerprint density at radius 1 is 1.33 bits per heavy atom. The molecule has 2 aliphatic heterocycles. The van der Waals surface area contributed by atoms with E-state index in [1.54, 1.807) is 0 Å². The van der Waals surface area contributed by atoms with Gasteiger partial charge in [-0.05, 0) is 26.2 Å². The van der Waals surface area contributed by atoms with Gasteiger partial charge in [0.25, 0.3) is 0 Å². The Balaban J connectivity index is 1.95. The Morgan fingerprint density at radius 3 is 2.72 bits per heavy atom. The summed E-state index contributed by atoms with van der Waals surface area (Å²) in [6.45, 7) is 6.69. The van der Waals surface area contributed by atoms with E-state index in [0.29, 0.717) is 0 Å². The van der Waals surface area contributed by atoms with Crippen LogP contribution < -0.4 is 5.32 Å². The summed E-state index contributed by atoms with van der Waals surface area (Å²) >= 11 is 0. The van der Waals surface area contributed by atoms with E-state index in [4.69, 9.17) is 0 Å². The number of hydrogen-bond acceptors (Lipinski definition) is 4. The monoisotopic (exact) mass is 255 g/mol. The molecule has 0 spiro atoms. The number of likely N-dealkylation sites (tertiary alicyclic amines) is 1. The Morgan fingerprint density at radius 2 is 2.06 bits per heavy atom. The topological polar surface area (TPSA) is 55.8 Å². The summed E-state index contributed by atoms with van der Waals surface area (Å²) in [5.74, 6) is 0.190. The van der Waals surface area contributed by atoms with Gasteiger partial charge in [-0.3, -0.25) is 9.69 Å². The van der Waals surface area contributed by atoms with Gasteiger partial charge in [0.05, 0.1) is 18.7 Å². The van der Waals surface area contributed by atoms with Crippen LogP contribution in [0.2, 0.25) is 0 Å². The minimum Gasteiger partial charge on any atom is -0.394 e. The molecule has 0 aromatic heterocycles. The second kappa shape index (κ2) is 6.50. The summed E-state index contributed by atoms with van der Waals surface area (Å²) in [7, 11) is 0. The van der Waals surface area contributed by atoms with Crippen LogP contribution in [0.3, 0.4) is 0 Å². The van der Waals surface area contributed by atoms with Gasteiger partial charge < -0.3 is 15.3 Å². The van der Waals surface area contributed by atoms with Gasteiger partial charge in [-0.25, -0.2) is 0 Å². The number of nitrogens with zero attached hydrogens (tertiary/aromatic N) is 2. The summed E-state index contributed by atoms with van der Waals surface area (Å²) < 4.78 is 0. The number of hydrogen-bond donors (Lipinski definition) is 2. The minimum absolute atomic E-state index is 0.0385. The number of carbonyl (C=O) groups excluding carboxylic acids is 1. The molecule has 1 amide bonds. The zero-order valence-corrected chi connectivity index (χ0v) is 11.3. The van der Waals surface area contributed by atoms with Crippen LogP contribution in [0, 0.1) is 0 Å². The lowest BCUT2D eigenvalue weighted by molar-refractivity contribution is -0.141. The van der Waals surface area contributed by atoms with Crippen molar-refractivity contribution in [2.75, 3.05) is 39.3 Å². The van der Waals surface area contributed by atoms with Crippen molar-refractivity contribution >= 4 is 5.91 Å². The van der Waals surface area contributed by atoms with E-state index in [1.807, 2.05) is 11.8 Å².